The summed E-state index contributed by atoms with van der Waals surface area (Å²) in [4.78, 5) is 19.6. The van der Waals surface area contributed by atoms with Crippen molar-refractivity contribution in [1.29, 1.82) is 0 Å². The van der Waals surface area contributed by atoms with Crippen LogP contribution < -0.4 is 0 Å². The summed E-state index contributed by atoms with van der Waals surface area (Å²) in [6.45, 7) is 13.3. The number of carbonyl (C=O) groups is 1. The summed E-state index contributed by atoms with van der Waals surface area (Å²) in [5.74, 6) is 1.98. The lowest BCUT2D eigenvalue weighted by atomic mass is 9.88. The third-order valence-corrected chi connectivity index (χ3v) is 5.88. The zero-order chi connectivity index (χ0) is 19.6. The van der Waals surface area contributed by atoms with Crippen LogP contribution in [0.2, 0.25) is 0 Å². The van der Waals surface area contributed by atoms with Crippen LogP contribution in [-0.4, -0.2) is 33.4 Å². The van der Waals surface area contributed by atoms with E-state index < -0.39 is 0 Å². The minimum Gasteiger partial charge on any atom is -0.339 e. The van der Waals surface area contributed by atoms with E-state index in [-0.39, 0.29) is 11.3 Å². The van der Waals surface area contributed by atoms with Crippen LogP contribution >= 0.6 is 0 Å². The summed E-state index contributed by atoms with van der Waals surface area (Å²) < 4.78 is 2.43. The van der Waals surface area contributed by atoms with Gasteiger partial charge in [0.05, 0.1) is 11.0 Å². The minimum atomic E-state index is -0.0171. The molecule has 1 fully saturated rings. The monoisotopic (exact) mass is 369 g/mol. The smallest absolute Gasteiger partial charge is 0.253 e. The molecule has 1 heterocycles. The van der Waals surface area contributed by atoms with Gasteiger partial charge in [-0.05, 0) is 50.8 Å². The van der Waals surface area contributed by atoms with Gasteiger partial charge in [-0.25, -0.2) is 4.98 Å². The Balaban J connectivity index is 2.01. The zero-order valence-electron chi connectivity index (χ0n) is 17.7. The van der Waals surface area contributed by atoms with Gasteiger partial charge in [-0.1, -0.05) is 40.0 Å². The van der Waals surface area contributed by atoms with Gasteiger partial charge in [-0.3, -0.25) is 4.79 Å². The van der Waals surface area contributed by atoms with Crippen LogP contribution in [0.4, 0.5) is 0 Å². The molecule has 0 unspecified atom stereocenters. The molecule has 0 saturated heterocycles. The molecule has 0 aliphatic heterocycles. The van der Waals surface area contributed by atoms with E-state index in [1.807, 2.05) is 30.9 Å². The molecular weight excluding hydrogens is 334 g/mol. The Morgan fingerprint density at radius 2 is 1.81 bits per heavy atom. The van der Waals surface area contributed by atoms with Gasteiger partial charge in [0.1, 0.15) is 5.82 Å². The predicted octanol–water partition coefficient (Wildman–Crippen LogP) is 5.40. The third-order valence-electron chi connectivity index (χ3n) is 5.88. The van der Waals surface area contributed by atoms with Gasteiger partial charge in [0.25, 0.3) is 5.91 Å². The summed E-state index contributed by atoms with van der Waals surface area (Å²) in [6, 6.07) is 6.08. The minimum absolute atomic E-state index is 0.0171. The average Bonchev–Trinajstić information content (AvgIpc) is 3.01. The number of fused-ring (bicyclic) bond motifs is 1. The van der Waals surface area contributed by atoms with Crippen molar-refractivity contribution in [2.24, 2.45) is 5.92 Å². The molecule has 0 atom stereocenters. The summed E-state index contributed by atoms with van der Waals surface area (Å²) in [5.41, 5.74) is 2.85. The van der Waals surface area contributed by atoms with Crippen LogP contribution in [0.5, 0.6) is 0 Å². The van der Waals surface area contributed by atoms with Crippen molar-refractivity contribution in [3.63, 3.8) is 0 Å². The number of imidazole rings is 1. The summed E-state index contributed by atoms with van der Waals surface area (Å²) in [5, 5.41) is 0. The van der Waals surface area contributed by atoms with Crippen molar-refractivity contribution in [2.75, 3.05) is 13.1 Å². The summed E-state index contributed by atoms with van der Waals surface area (Å²) in [7, 11) is 0. The molecule has 1 aromatic carbocycles. The zero-order valence-corrected chi connectivity index (χ0v) is 17.7. The van der Waals surface area contributed by atoms with Crippen LogP contribution in [-0.2, 0) is 12.0 Å². The Kier molecular flexibility index (Phi) is 5.92. The fourth-order valence-corrected chi connectivity index (χ4v) is 4.34. The first kappa shape index (κ1) is 19.9. The van der Waals surface area contributed by atoms with Crippen LogP contribution in [0.15, 0.2) is 18.2 Å². The molecule has 1 aliphatic rings. The van der Waals surface area contributed by atoms with Crippen LogP contribution in [0.3, 0.4) is 0 Å². The van der Waals surface area contributed by atoms with Gasteiger partial charge < -0.3 is 9.47 Å². The Bertz CT molecular complexity index is 790. The maximum atomic E-state index is 12.7. The molecule has 0 spiro atoms. The lowest BCUT2D eigenvalue weighted by molar-refractivity contribution is 0.0773. The number of hydrogen-bond donors (Lipinski definition) is 0. The maximum absolute atomic E-state index is 12.7. The SMILES string of the molecule is CCN(CC)C(=O)c1ccc2c(c1)nc(C(C)(C)C)n2CC1CCCCC1. The first-order valence-corrected chi connectivity index (χ1v) is 10.6. The molecule has 148 valence electrons. The van der Waals surface area contributed by atoms with Crippen molar-refractivity contribution >= 4 is 16.9 Å². The number of carbonyl (C=O) groups excluding carboxylic acids is 1. The highest BCUT2D eigenvalue weighted by Gasteiger charge is 2.26. The molecule has 27 heavy (non-hydrogen) atoms. The van der Waals surface area contributed by atoms with Gasteiger partial charge in [0.15, 0.2) is 0 Å². The van der Waals surface area contributed by atoms with E-state index in [4.69, 9.17) is 4.98 Å². The Hall–Kier alpha value is -1.84. The number of aromatic nitrogens is 2. The van der Waals surface area contributed by atoms with E-state index in [9.17, 15) is 4.79 Å². The molecular formula is C23H35N3O. The Morgan fingerprint density at radius 3 is 2.41 bits per heavy atom. The van der Waals surface area contributed by atoms with E-state index in [1.165, 1.54) is 37.6 Å². The van der Waals surface area contributed by atoms with Crippen LogP contribution in [0.1, 0.15) is 82.9 Å². The van der Waals surface area contributed by atoms with E-state index in [2.05, 4.69) is 31.4 Å². The molecule has 4 heteroatoms. The highest BCUT2D eigenvalue weighted by atomic mass is 16.2. The highest BCUT2D eigenvalue weighted by molar-refractivity contribution is 5.97. The molecule has 2 aromatic rings. The summed E-state index contributed by atoms with van der Waals surface area (Å²) >= 11 is 0. The molecule has 0 bridgehead atoms. The predicted molar refractivity (Wildman–Crippen MR) is 112 cm³/mol. The number of amides is 1. The van der Waals surface area contributed by atoms with E-state index >= 15 is 0 Å². The molecule has 1 saturated carbocycles. The maximum Gasteiger partial charge on any atom is 0.253 e. The first-order chi connectivity index (χ1) is 12.8. The van der Waals surface area contributed by atoms with Gasteiger partial charge in [0.2, 0.25) is 0 Å². The highest BCUT2D eigenvalue weighted by Crippen LogP contribution is 2.31. The normalized spacial score (nSPS) is 16.0. The lowest BCUT2D eigenvalue weighted by Crippen LogP contribution is -2.30. The first-order valence-electron chi connectivity index (χ1n) is 10.6. The van der Waals surface area contributed by atoms with E-state index in [0.717, 1.165) is 42.5 Å². The number of rotatable bonds is 5. The fraction of sp³-hybridized carbons (Fsp3) is 0.652. The number of nitrogens with zero attached hydrogens (tertiary/aromatic N) is 3. The van der Waals surface area contributed by atoms with Crippen molar-refractivity contribution in [1.82, 2.24) is 14.5 Å². The molecule has 1 aromatic heterocycles. The molecule has 1 aliphatic carbocycles. The molecule has 0 N–H and O–H groups in total. The molecule has 0 radical (unpaired) electrons. The topological polar surface area (TPSA) is 38.1 Å². The van der Waals surface area contributed by atoms with Crippen molar-refractivity contribution < 1.29 is 4.79 Å². The van der Waals surface area contributed by atoms with Gasteiger partial charge in [0, 0.05) is 30.6 Å². The second kappa shape index (κ2) is 8.04. The van der Waals surface area contributed by atoms with Crippen molar-refractivity contribution in [2.45, 2.75) is 78.7 Å². The number of benzene rings is 1. The van der Waals surface area contributed by atoms with E-state index in [1.54, 1.807) is 0 Å². The molecule has 1 amide bonds. The fourth-order valence-electron chi connectivity index (χ4n) is 4.34. The van der Waals surface area contributed by atoms with Gasteiger partial charge in [-0.2, -0.15) is 0 Å². The van der Waals surface area contributed by atoms with Crippen molar-refractivity contribution in [3.8, 4) is 0 Å². The lowest BCUT2D eigenvalue weighted by Gasteiger charge is -2.26. The average molecular weight is 370 g/mol. The van der Waals surface area contributed by atoms with E-state index in [0.29, 0.717) is 0 Å². The quantitative estimate of drug-likeness (QED) is 0.708. The second-order valence-electron chi connectivity index (χ2n) is 8.98. The van der Waals surface area contributed by atoms with Gasteiger partial charge >= 0.3 is 0 Å². The van der Waals surface area contributed by atoms with Gasteiger partial charge in [-0.15, -0.1) is 0 Å². The second-order valence-corrected chi connectivity index (χ2v) is 8.98. The largest absolute Gasteiger partial charge is 0.339 e. The third kappa shape index (κ3) is 4.20. The molecule has 4 nitrogen and oxygen atoms in total. The van der Waals surface area contributed by atoms with Crippen molar-refractivity contribution in [3.05, 3.63) is 29.6 Å². The summed E-state index contributed by atoms with van der Waals surface area (Å²) in [6.07, 6.45) is 6.73. The Labute approximate surface area is 164 Å². The standard InChI is InChI=1S/C23H35N3O/c1-6-25(7-2)21(27)18-13-14-20-19(15-18)24-22(23(3,4)5)26(20)16-17-11-9-8-10-12-17/h13-15,17H,6-12,16H2,1-5H3. The van der Waals surface area contributed by atoms with Crippen LogP contribution in [0.25, 0.3) is 11.0 Å². The Morgan fingerprint density at radius 1 is 1.15 bits per heavy atom. The molecule has 3 rings (SSSR count). The number of hydrogen-bond acceptors (Lipinski definition) is 2. The van der Waals surface area contributed by atoms with Crippen LogP contribution in [0, 0.1) is 5.92 Å².